The molecule has 0 saturated heterocycles. The lowest BCUT2D eigenvalue weighted by Gasteiger charge is -2.40. The van der Waals surface area contributed by atoms with Crippen LogP contribution in [0.15, 0.2) is 107 Å². The molecule has 0 aliphatic carbocycles. The van der Waals surface area contributed by atoms with Gasteiger partial charge in [0.25, 0.3) is 0 Å². The summed E-state index contributed by atoms with van der Waals surface area (Å²) in [6, 6.07) is 32.6. The van der Waals surface area contributed by atoms with Crippen molar-refractivity contribution in [1.82, 2.24) is 9.78 Å². The minimum atomic E-state index is -0.177. The van der Waals surface area contributed by atoms with Crippen molar-refractivity contribution >= 4 is 46.2 Å². The molecule has 42 heavy (non-hydrogen) atoms. The minimum absolute atomic E-state index is 0.177. The van der Waals surface area contributed by atoms with Gasteiger partial charge in [-0.25, -0.2) is 14.7 Å². The van der Waals surface area contributed by atoms with Gasteiger partial charge >= 0.3 is 0 Å². The van der Waals surface area contributed by atoms with Gasteiger partial charge in [-0.15, -0.1) is 0 Å². The normalized spacial score (nSPS) is 15.2. The number of methoxy groups -OCH3 is 1. The first-order valence-electron chi connectivity index (χ1n) is 14.0. The van der Waals surface area contributed by atoms with Crippen LogP contribution in [-0.2, 0) is 6.42 Å². The number of para-hydroxylation sites is 3. The number of halogens is 1. The third-order valence-electron chi connectivity index (χ3n) is 7.76. The predicted octanol–water partition coefficient (Wildman–Crippen LogP) is 8.20. The number of benzene rings is 4. The molecule has 0 fully saturated rings. The molecule has 7 rings (SSSR count). The highest BCUT2D eigenvalue weighted by atomic mass is 35.5. The first-order valence-corrected chi connectivity index (χ1v) is 14.3. The van der Waals surface area contributed by atoms with Crippen LogP contribution in [0.25, 0.3) is 5.69 Å². The fraction of sp³-hybridized carbons (Fsp3) is 0.147. The second-order valence-electron chi connectivity index (χ2n) is 10.3. The van der Waals surface area contributed by atoms with Crippen LogP contribution in [0, 0.1) is 6.92 Å². The molecule has 1 N–H and O–H groups in total. The fourth-order valence-electron chi connectivity index (χ4n) is 5.68. The van der Waals surface area contributed by atoms with Crippen LogP contribution in [0.5, 0.6) is 5.75 Å². The SMILES string of the molecule is CCc1ccc([C@@H]2c3c(C)nn(-c4ccccc4)c3N=C3C(Nc4ccc(OC)c(Cl)c4)=Nc4ccccc4N32)cc1. The molecule has 7 nitrogen and oxygen atoms in total. The Kier molecular flexibility index (Phi) is 6.52. The van der Waals surface area contributed by atoms with Crippen LogP contribution >= 0.6 is 11.6 Å². The number of rotatable bonds is 5. The Labute approximate surface area is 249 Å². The minimum Gasteiger partial charge on any atom is -0.495 e. The zero-order valence-electron chi connectivity index (χ0n) is 23.5. The molecule has 0 bridgehead atoms. The number of aliphatic imine (C=N–C) groups is 2. The van der Waals surface area contributed by atoms with Gasteiger partial charge in [0.05, 0.1) is 40.9 Å². The molecule has 0 radical (unpaired) electrons. The van der Waals surface area contributed by atoms with Gasteiger partial charge < -0.3 is 15.0 Å². The van der Waals surface area contributed by atoms with Crippen molar-refractivity contribution in [3.8, 4) is 11.4 Å². The molecule has 1 aromatic heterocycles. The number of nitrogens with one attached hydrogen (secondary N) is 1. The van der Waals surface area contributed by atoms with Crippen molar-refractivity contribution in [3.63, 3.8) is 0 Å². The first-order chi connectivity index (χ1) is 20.6. The first kappa shape index (κ1) is 26.0. The zero-order chi connectivity index (χ0) is 28.8. The van der Waals surface area contributed by atoms with Crippen molar-refractivity contribution in [2.75, 3.05) is 17.3 Å². The smallest absolute Gasteiger partial charge is 0.179 e. The Morgan fingerprint density at radius 2 is 1.67 bits per heavy atom. The van der Waals surface area contributed by atoms with Crippen LogP contribution in [0.4, 0.5) is 22.9 Å². The molecule has 5 aromatic rings. The Morgan fingerprint density at radius 1 is 0.905 bits per heavy atom. The summed E-state index contributed by atoms with van der Waals surface area (Å²) in [4.78, 5) is 12.6. The number of hydrogen-bond donors (Lipinski definition) is 1. The van der Waals surface area contributed by atoms with Gasteiger partial charge in [-0.05, 0) is 66.9 Å². The van der Waals surface area contributed by atoms with Crippen LogP contribution in [0.2, 0.25) is 5.02 Å². The summed E-state index contributed by atoms with van der Waals surface area (Å²) in [6.07, 6.45) is 0.978. The van der Waals surface area contributed by atoms with Crippen molar-refractivity contribution in [2.24, 2.45) is 9.98 Å². The van der Waals surface area contributed by atoms with E-state index in [2.05, 4.69) is 54.4 Å². The van der Waals surface area contributed by atoms with E-state index in [0.29, 0.717) is 22.4 Å². The molecular weight excluding hydrogens is 544 g/mol. The standard InChI is InChI=1S/C34H29ClN6O/c1-4-22-14-16-23(17-15-22)31-30-21(2)39-41(25-10-6-5-7-11-25)33(30)38-34-32(36-24-18-19-29(42-3)26(35)20-24)37-27-12-8-9-13-28(27)40(31)34/h5-20,31H,4H2,1-3H3,(H,36,37)/t31-/m1/s1. The highest BCUT2D eigenvalue weighted by Crippen LogP contribution is 2.48. The van der Waals surface area contributed by atoms with Crippen molar-refractivity contribution in [2.45, 2.75) is 26.3 Å². The van der Waals surface area contributed by atoms with Crippen LogP contribution in [0.1, 0.15) is 35.3 Å². The molecule has 0 unspecified atom stereocenters. The maximum atomic E-state index is 6.49. The van der Waals surface area contributed by atoms with Gasteiger partial charge in [-0.3, -0.25) is 0 Å². The number of nitrogens with zero attached hydrogens (tertiary/aromatic N) is 5. The van der Waals surface area contributed by atoms with Gasteiger partial charge in [0.2, 0.25) is 0 Å². The van der Waals surface area contributed by atoms with E-state index in [1.54, 1.807) is 7.11 Å². The predicted molar refractivity (Wildman–Crippen MR) is 171 cm³/mol. The van der Waals surface area contributed by atoms with Crippen LogP contribution in [-0.4, -0.2) is 28.6 Å². The van der Waals surface area contributed by atoms with E-state index in [1.165, 1.54) is 5.56 Å². The molecule has 208 valence electrons. The number of fused-ring (bicyclic) bond motifs is 4. The molecular formula is C34H29ClN6O. The largest absolute Gasteiger partial charge is 0.495 e. The number of anilines is 2. The summed E-state index contributed by atoms with van der Waals surface area (Å²) < 4.78 is 7.30. The summed E-state index contributed by atoms with van der Waals surface area (Å²) >= 11 is 6.49. The quantitative estimate of drug-likeness (QED) is 0.230. The van der Waals surface area contributed by atoms with Gasteiger partial charge in [-0.2, -0.15) is 5.10 Å². The highest BCUT2D eigenvalue weighted by molar-refractivity contribution is 6.51. The monoisotopic (exact) mass is 572 g/mol. The van der Waals surface area contributed by atoms with Crippen LogP contribution < -0.4 is 15.0 Å². The number of hydrogen-bond acceptors (Lipinski definition) is 6. The summed E-state index contributed by atoms with van der Waals surface area (Å²) in [7, 11) is 1.60. The zero-order valence-corrected chi connectivity index (χ0v) is 24.3. The summed E-state index contributed by atoms with van der Waals surface area (Å²) in [5.74, 6) is 2.72. The summed E-state index contributed by atoms with van der Waals surface area (Å²) in [6.45, 7) is 4.24. The fourth-order valence-corrected chi connectivity index (χ4v) is 5.94. The number of aryl methyl sites for hydroxylation is 2. The lowest BCUT2D eigenvalue weighted by molar-refractivity contribution is 0.415. The number of aromatic nitrogens is 2. The second-order valence-corrected chi connectivity index (χ2v) is 10.7. The van der Waals surface area contributed by atoms with E-state index in [9.17, 15) is 0 Å². The molecule has 0 amide bonds. The molecule has 0 saturated carbocycles. The van der Waals surface area contributed by atoms with E-state index in [4.69, 9.17) is 31.4 Å². The van der Waals surface area contributed by atoms with Gasteiger partial charge in [0.15, 0.2) is 17.5 Å². The molecule has 2 aliphatic heterocycles. The summed E-state index contributed by atoms with van der Waals surface area (Å²) in [5.41, 5.74) is 8.00. The average molecular weight is 573 g/mol. The Balaban J connectivity index is 1.46. The lowest BCUT2D eigenvalue weighted by Crippen LogP contribution is -2.46. The van der Waals surface area contributed by atoms with Crippen LogP contribution in [0.3, 0.4) is 0 Å². The third kappa shape index (κ3) is 4.33. The van der Waals surface area contributed by atoms with Crippen molar-refractivity contribution < 1.29 is 4.74 Å². The van der Waals surface area contributed by atoms with Gasteiger partial charge in [0.1, 0.15) is 5.75 Å². The second kappa shape index (κ2) is 10.5. The lowest BCUT2D eigenvalue weighted by atomic mass is 9.92. The Bertz CT molecular complexity index is 1860. The molecule has 4 aromatic carbocycles. The van der Waals surface area contributed by atoms with Gasteiger partial charge in [0, 0.05) is 11.3 Å². The van der Waals surface area contributed by atoms with E-state index in [0.717, 1.165) is 51.8 Å². The Morgan fingerprint density at radius 3 is 2.40 bits per heavy atom. The van der Waals surface area contributed by atoms with E-state index in [-0.39, 0.29) is 6.04 Å². The third-order valence-corrected chi connectivity index (χ3v) is 8.05. The molecule has 8 heteroatoms. The topological polar surface area (TPSA) is 67.0 Å². The molecule has 1 atom stereocenters. The maximum Gasteiger partial charge on any atom is 0.179 e. The number of amidine groups is 2. The number of ether oxygens (including phenoxy) is 1. The maximum absolute atomic E-state index is 6.49. The molecule has 2 aliphatic rings. The summed E-state index contributed by atoms with van der Waals surface area (Å²) in [5, 5.41) is 9.03. The van der Waals surface area contributed by atoms with E-state index >= 15 is 0 Å². The van der Waals surface area contributed by atoms with E-state index in [1.807, 2.05) is 71.4 Å². The Hall–Kier alpha value is -4.88. The molecule has 0 spiro atoms. The van der Waals surface area contributed by atoms with Crippen molar-refractivity contribution in [1.29, 1.82) is 0 Å². The van der Waals surface area contributed by atoms with E-state index < -0.39 is 0 Å². The van der Waals surface area contributed by atoms with Crippen molar-refractivity contribution in [3.05, 3.63) is 124 Å². The average Bonchev–Trinajstić information content (AvgIpc) is 3.36. The molecule has 3 heterocycles. The highest BCUT2D eigenvalue weighted by Gasteiger charge is 2.41. The van der Waals surface area contributed by atoms with Gasteiger partial charge in [-0.1, -0.05) is 73.1 Å².